The van der Waals surface area contributed by atoms with Crippen molar-refractivity contribution in [2.24, 2.45) is 10.2 Å². The Morgan fingerprint density at radius 2 is 1.44 bits per heavy atom. The smallest absolute Gasteiger partial charge is 0.338 e. The molecule has 0 aliphatic carbocycles. The number of nitrogens with one attached hydrogen (secondary N) is 1. The number of carbonyl (C=O) groups excluding carboxylic acids is 4. The maximum absolute atomic E-state index is 13.0. The van der Waals surface area contributed by atoms with Crippen LogP contribution in [0.2, 0.25) is 0 Å². The molecule has 0 saturated heterocycles. The van der Waals surface area contributed by atoms with Gasteiger partial charge in [0.05, 0.1) is 40.4 Å². The maximum atomic E-state index is 13.0. The van der Waals surface area contributed by atoms with Gasteiger partial charge in [0.25, 0.3) is 17.7 Å². The van der Waals surface area contributed by atoms with Gasteiger partial charge in [0, 0.05) is 5.69 Å². The zero-order chi connectivity index (χ0) is 28.8. The Morgan fingerprint density at radius 1 is 0.780 bits per heavy atom. The number of rotatable bonds is 9. The van der Waals surface area contributed by atoms with E-state index in [1.807, 2.05) is 37.3 Å². The van der Waals surface area contributed by atoms with Crippen molar-refractivity contribution in [3.63, 3.8) is 0 Å². The van der Waals surface area contributed by atoms with Gasteiger partial charge in [0.15, 0.2) is 6.61 Å². The van der Waals surface area contributed by atoms with Gasteiger partial charge in [-0.3, -0.25) is 14.4 Å². The summed E-state index contributed by atoms with van der Waals surface area (Å²) in [7, 11) is 0. The number of esters is 1. The monoisotopic (exact) mass is 548 g/mol. The second-order valence-electron chi connectivity index (χ2n) is 8.84. The number of nitrogens with zero attached hydrogens (tertiary/aromatic N) is 3. The lowest BCUT2D eigenvalue weighted by molar-refractivity contribution is -0.119. The van der Waals surface area contributed by atoms with E-state index in [2.05, 4.69) is 15.5 Å². The van der Waals surface area contributed by atoms with Crippen molar-refractivity contribution in [3.8, 4) is 5.75 Å². The molecule has 0 atom stereocenters. The lowest BCUT2D eigenvalue weighted by Crippen LogP contribution is -2.29. The topological polar surface area (TPSA) is 127 Å². The first-order valence-electron chi connectivity index (χ1n) is 12.7. The average molecular weight is 549 g/mol. The minimum Gasteiger partial charge on any atom is -0.494 e. The Balaban J connectivity index is 1.17. The molecule has 0 radical (unpaired) electrons. The van der Waals surface area contributed by atoms with Crippen LogP contribution in [0.3, 0.4) is 0 Å². The highest BCUT2D eigenvalue weighted by molar-refractivity contribution is 6.34. The molecule has 10 heteroatoms. The molecule has 5 rings (SSSR count). The van der Waals surface area contributed by atoms with Crippen molar-refractivity contribution < 1.29 is 28.7 Å². The summed E-state index contributed by atoms with van der Waals surface area (Å²) in [6, 6.07) is 26.6. The summed E-state index contributed by atoms with van der Waals surface area (Å²) in [5.74, 6) is -1.80. The first-order chi connectivity index (χ1) is 19.9. The number of imide groups is 1. The van der Waals surface area contributed by atoms with E-state index in [0.29, 0.717) is 29.4 Å². The summed E-state index contributed by atoms with van der Waals surface area (Å²) in [4.78, 5) is 52.0. The molecular formula is C31H24N4O6. The summed E-state index contributed by atoms with van der Waals surface area (Å²) in [5.41, 5.74) is 2.48. The summed E-state index contributed by atoms with van der Waals surface area (Å²) in [6.07, 6.45) is 0. The second-order valence-corrected chi connectivity index (χ2v) is 8.84. The standard InChI is InChI=1S/C31H24N4O6/c1-2-40-25-15-13-24(14-16-25)35-29(37)26-17-8-20(18-27(26)30(35)38)31(39)41-19-28(36)32-21-9-11-23(12-10-21)34-33-22-6-4-3-5-7-22/h3-18H,2,19H2,1H3,(H,32,36). The van der Waals surface area contributed by atoms with Crippen LogP contribution in [0.1, 0.15) is 38.0 Å². The van der Waals surface area contributed by atoms with Crippen molar-refractivity contribution in [1.29, 1.82) is 0 Å². The third kappa shape index (κ3) is 6.17. The highest BCUT2D eigenvalue weighted by Gasteiger charge is 2.37. The normalized spacial score (nSPS) is 12.4. The Kier molecular flexibility index (Phi) is 7.91. The molecule has 4 aromatic rings. The average Bonchev–Trinajstić information content (AvgIpc) is 3.25. The number of carbonyl (C=O) groups is 4. The van der Waals surface area contributed by atoms with Crippen molar-refractivity contribution in [3.05, 3.63) is 114 Å². The minimum atomic E-state index is -0.806. The van der Waals surface area contributed by atoms with E-state index in [9.17, 15) is 19.2 Å². The van der Waals surface area contributed by atoms with Crippen molar-refractivity contribution >= 4 is 46.4 Å². The van der Waals surface area contributed by atoms with E-state index >= 15 is 0 Å². The van der Waals surface area contributed by atoms with Crippen LogP contribution in [-0.2, 0) is 9.53 Å². The number of hydrogen-bond acceptors (Lipinski definition) is 8. The fourth-order valence-electron chi connectivity index (χ4n) is 4.09. The molecule has 3 amide bonds. The van der Waals surface area contributed by atoms with Crippen LogP contribution < -0.4 is 15.0 Å². The van der Waals surface area contributed by atoms with E-state index < -0.39 is 30.3 Å². The predicted octanol–water partition coefficient (Wildman–Crippen LogP) is 6.10. The fourth-order valence-corrected chi connectivity index (χ4v) is 4.09. The number of hydrogen-bond donors (Lipinski definition) is 1. The molecule has 1 aliphatic rings. The largest absolute Gasteiger partial charge is 0.494 e. The molecular weight excluding hydrogens is 524 g/mol. The van der Waals surface area contributed by atoms with Gasteiger partial charge >= 0.3 is 5.97 Å². The Hall–Kier alpha value is -5.64. The van der Waals surface area contributed by atoms with Gasteiger partial charge in [0.2, 0.25) is 0 Å². The number of benzene rings is 4. The second kappa shape index (κ2) is 12.0. The first-order valence-corrected chi connectivity index (χ1v) is 12.7. The maximum Gasteiger partial charge on any atom is 0.338 e. The first kappa shape index (κ1) is 26.9. The number of azo groups is 1. The molecule has 0 spiro atoms. The fraction of sp³-hybridized carbons (Fsp3) is 0.0968. The van der Waals surface area contributed by atoms with Gasteiger partial charge < -0.3 is 14.8 Å². The Morgan fingerprint density at radius 3 is 2.12 bits per heavy atom. The molecule has 10 nitrogen and oxygen atoms in total. The van der Waals surface area contributed by atoms with Gasteiger partial charge in [0.1, 0.15) is 5.75 Å². The predicted molar refractivity (Wildman–Crippen MR) is 151 cm³/mol. The van der Waals surface area contributed by atoms with Gasteiger partial charge in [-0.1, -0.05) is 18.2 Å². The minimum absolute atomic E-state index is 0.0411. The third-order valence-corrected chi connectivity index (χ3v) is 6.05. The number of amides is 3. The zero-order valence-electron chi connectivity index (χ0n) is 21.9. The van der Waals surface area contributed by atoms with Crippen molar-refractivity contribution in [2.75, 3.05) is 23.4 Å². The number of ether oxygens (including phenoxy) is 2. The molecule has 1 heterocycles. The van der Waals surface area contributed by atoms with E-state index in [1.165, 1.54) is 18.2 Å². The lowest BCUT2D eigenvalue weighted by Gasteiger charge is -2.14. The molecule has 1 aliphatic heterocycles. The Bertz CT molecular complexity index is 1630. The molecule has 0 unspecified atom stereocenters. The van der Waals surface area contributed by atoms with Crippen LogP contribution in [0.15, 0.2) is 107 Å². The zero-order valence-corrected chi connectivity index (χ0v) is 21.9. The molecule has 0 saturated carbocycles. The quantitative estimate of drug-likeness (QED) is 0.153. The summed E-state index contributed by atoms with van der Waals surface area (Å²) >= 11 is 0. The third-order valence-electron chi connectivity index (χ3n) is 6.05. The van der Waals surface area contributed by atoms with E-state index in [-0.39, 0.29) is 16.7 Å². The highest BCUT2D eigenvalue weighted by atomic mass is 16.5. The van der Waals surface area contributed by atoms with E-state index in [0.717, 1.165) is 10.6 Å². The summed E-state index contributed by atoms with van der Waals surface area (Å²) < 4.78 is 10.5. The molecule has 0 fully saturated rings. The van der Waals surface area contributed by atoms with E-state index in [1.54, 1.807) is 48.5 Å². The summed E-state index contributed by atoms with van der Waals surface area (Å²) in [6.45, 7) is 1.80. The lowest BCUT2D eigenvalue weighted by atomic mass is 10.1. The van der Waals surface area contributed by atoms with Crippen molar-refractivity contribution in [1.82, 2.24) is 0 Å². The van der Waals surface area contributed by atoms with E-state index in [4.69, 9.17) is 9.47 Å². The van der Waals surface area contributed by atoms with Crippen LogP contribution >= 0.6 is 0 Å². The molecule has 0 bridgehead atoms. The molecule has 4 aromatic carbocycles. The van der Waals surface area contributed by atoms with Gasteiger partial charge in [-0.15, -0.1) is 0 Å². The van der Waals surface area contributed by atoms with Crippen LogP contribution in [0.5, 0.6) is 5.75 Å². The van der Waals surface area contributed by atoms with Crippen LogP contribution in [0, 0.1) is 0 Å². The molecule has 0 aromatic heterocycles. The van der Waals surface area contributed by atoms with Crippen molar-refractivity contribution in [2.45, 2.75) is 6.92 Å². The van der Waals surface area contributed by atoms with Crippen LogP contribution in [0.4, 0.5) is 22.7 Å². The SMILES string of the molecule is CCOc1ccc(N2C(=O)c3ccc(C(=O)OCC(=O)Nc4ccc(N=Nc5ccccc5)cc4)cc3C2=O)cc1. The van der Waals surface area contributed by atoms with Crippen LogP contribution in [-0.4, -0.2) is 36.9 Å². The van der Waals surface area contributed by atoms with Gasteiger partial charge in [-0.25, -0.2) is 9.69 Å². The number of fused-ring (bicyclic) bond motifs is 1. The Labute approximate surface area is 235 Å². The summed E-state index contributed by atoms with van der Waals surface area (Å²) in [5, 5.41) is 10.9. The molecule has 41 heavy (non-hydrogen) atoms. The molecule has 204 valence electrons. The molecule has 1 N–H and O–H groups in total. The van der Waals surface area contributed by atoms with Gasteiger partial charge in [-0.05, 0) is 85.8 Å². The van der Waals surface area contributed by atoms with Gasteiger partial charge in [-0.2, -0.15) is 10.2 Å². The number of anilines is 2. The van der Waals surface area contributed by atoms with Crippen LogP contribution in [0.25, 0.3) is 0 Å². The highest BCUT2D eigenvalue weighted by Crippen LogP contribution is 2.30.